The summed E-state index contributed by atoms with van der Waals surface area (Å²) < 4.78 is 5.76. The Labute approximate surface area is 103 Å². The van der Waals surface area contributed by atoms with Gasteiger partial charge in [0.2, 0.25) is 5.60 Å². The minimum Gasteiger partial charge on any atom is -0.473 e. The highest BCUT2D eigenvalue weighted by atomic mass is 16.5. The summed E-state index contributed by atoms with van der Waals surface area (Å²) in [4.78, 5) is 23.8. The number of likely N-dealkylation sites (tertiary alicyclic amines) is 1. The maximum Gasteiger partial charge on any atom is 0.414 e. The first-order valence-corrected chi connectivity index (χ1v) is 5.69. The van der Waals surface area contributed by atoms with Gasteiger partial charge in [-0.25, -0.2) is 9.69 Å². The molecule has 2 aliphatic rings. The summed E-state index contributed by atoms with van der Waals surface area (Å²) in [6.45, 7) is 0.477. The van der Waals surface area contributed by atoms with E-state index >= 15 is 0 Å². The van der Waals surface area contributed by atoms with E-state index in [1.807, 2.05) is 18.2 Å². The number of benzene rings is 1. The Kier molecular flexibility index (Phi) is 2.19. The fourth-order valence-corrected chi connectivity index (χ4v) is 2.37. The Bertz CT molecular complexity index is 531. The van der Waals surface area contributed by atoms with Gasteiger partial charge in [0, 0.05) is 13.0 Å². The second-order valence-corrected chi connectivity index (χ2v) is 4.44. The van der Waals surface area contributed by atoms with Crippen LogP contribution in [0, 0.1) is 0 Å². The SMILES string of the molecule is O=C(O)N1CCC2(CNc3ccccc3O2)C1=O. The third-order valence-corrected chi connectivity index (χ3v) is 3.36. The molecule has 1 aromatic carbocycles. The minimum atomic E-state index is -1.22. The normalized spacial score (nSPS) is 25.6. The summed E-state index contributed by atoms with van der Waals surface area (Å²) in [5.41, 5.74) is -0.253. The molecule has 1 saturated heterocycles. The topological polar surface area (TPSA) is 78.9 Å². The maximum absolute atomic E-state index is 12.1. The quantitative estimate of drug-likeness (QED) is 0.719. The summed E-state index contributed by atoms with van der Waals surface area (Å²) in [6, 6.07) is 7.30. The van der Waals surface area contributed by atoms with E-state index in [9.17, 15) is 9.59 Å². The molecule has 2 heterocycles. The van der Waals surface area contributed by atoms with Crippen LogP contribution in [-0.2, 0) is 4.79 Å². The Balaban J connectivity index is 1.92. The van der Waals surface area contributed by atoms with Gasteiger partial charge in [-0.3, -0.25) is 4.79 Å². The van der Waals surface area contributed by atoms with E-state index in [1.54, 1.807) is 6.07 Å². The molecule has 6 heteroatoms. The van der Waals surface area contributed by atoms with Crippen molar-refractivity contribution in [2.24, 2.45) is 0 Å². The Morgan fingerprint density at radius 3 is 2.94 bits per heavy atom. The molecule has 3 rings (SSSR count). The molecule has 6 nitrogen and oxygen atoms in total. The van der Waals surface area contributed by atoms with Crippen LogP contribution in [0.25, 0.3) is 0 Å². The van der Waals surface area contributed by atoms with Crippen LogP contribution in [0.5, 0.6) is 5.75 Å². The van der Waals surface area contributed by atoms with Gasteiger partial charge in [-0.15, -0.1) is 0 Å². The van der Waals surface area contributed by atoms with Crippen molar-refractivity contribution in [3.05, 3.63) is 24.3 Å². The number of carbonyl (C=O) groups excluding carboxylic acids is 1. The van der Waals surface area contributed by atoms with E-state index in [-0.39, 0.29) is 6.54 Å². The number of imide groups is 1. The lowest BCUT2D eigenvalue weighted by molar-refractivity contribution is -0.138. The average molecular weight is 248 g/mol. The van der Waals surface area contributed by atoms with Crippen LogP contribution in [0.2, 0.25) is 0 Å². The molecule has 0 bridgehead atoms. The molecule has 1 spiro atoms. The fourth-order valence-electron chi connectivity index (χ4n) is 2.37. The van der Waals surface area contributed by atoms with Crippen LogP contribution in [0.1, 0.15) is 6.42 Å². The summed E-state index contributed by atoms with van der Waals surface area (Å²) in [5, 5.41) is 12.0. The van der Waals surface area contributed by atoms with Gasteiger partial charge in [-0.1, -0.05) is 12.1 Å². The largest absolute Gasteiger partial charge is 0.473 e. The van der Waals surface area contributed by atoms with Crippen molar-refractivity contribution < 1.29 is 19.4 Å². The number of amides is 2. The van der Waals surface area contributed by atoms with Crippen LogP contribution in [0.3, 0.4) is 0 Å². The Morgan fingerprint density at radius 2 is 2.22 bits per heavy atom. The smallest absolute Gasteiger partial charge is 0.414 e. The van der Waals surface area contributed by atoms with Gasteiger partial charge in [0.05, 0.1) is 12.2 Å². The fraction of sp³-hybridized carbons (Fsp3) is 0.333. The zero-order valence-electron chi connectivity index (χ0n) is 9.55. The van der Waals surface area contributed by atoms with E-state index in [4.69, 9.17) is 9.84 Å². The molecule has 1 aromatic rings. The first-order chi connectivity index (χ1) is 8.62. The molecular formula is C12H12N2O4. The molecule has 0 aromatic heterocycles. The lowest BCUT2D eigenvalue weighted by Crippen LogP contribution is -2.52. The Hall–Kier alpha value is -2.24. The second kappa shape index (κ2) is 3.63. The number of carboxylic acid groups (broad SMARTS) is 1. The minimum absolute atomic E-state index is 0.179. The van der Waals surface area contributed by atoms with Gasteiger partial charge in [0.1, 0.15) is 5.75 Å². The van der Waals surface area contributed by atoms with Crippen LogP contribution in [0.15, 0.2) is 24.3 Å². The molecule has 2 aliphatic heterocycles. The highest BCUT2D eigenvalue weighted by molar-refractivity contribution is 5.99. The molecule has 0 radical (unpaired) electrons. The van der Waals surface area contributed by atoms with E-state index in [0.717, 1.165) is 10.6 Å². The number of carbonyl (C=O) groups is 2. The van der Waals surface area contributed by atoms with Crippen molar-refractivity contribution in [3.8, 4) is 5.75 Å². The van der Waals surface area contributed by atoms with Crippen LogP contribution >= 0.6 is 0 Å². The van der Waals surface area contributed by atoms with Crippen molar-refractivity contribution in [1.29, 1.82) is 0 Å². The number of ether oxygens (including phenoxy) is 1. The third kappa shape index (κ3) is 1.42. The zero-order chi connectivity index (χ0) is 12.8. The second-order valence-electron chi connectivity index (χ2n) is 4.44. The maximum atomic E-state index is 12.1. The standard InChI is InChI=1S/C12H12N2O4/c15-10-12(5-6-14(10)11(16)17)7-13-8-3-1-2-4-9(8)18-12/h1-4,13H,5-7H2,(H,16,17). The number of anilines is 1. The van der Waals surface area contributed by atoms with Gasteiger partial charge in [-0.05, 0) is 12.1 Å². The predicted molar refractivity (Wildman–Crippen MR) is 62.6 cm³/mol. The summed E-state index contributed by atoms with van der Waals surface area (Å²) in [5.74, 6) is 0.0985. The van der Waals surface area contributed by atoms with Crippen LogP contribution in [0.4, 0.5) is 10.5 Å². The average Bonchev–Trinajstić information content (AvgIpc) is 2.67. The molecule has 18 heavy (non-hydrogen) atoms. The number of hydrogen-bond acceptors (Lipinski definition) is 4. The summed E-state index contributed by atoms with van der Waals surface area (Å²) in [6.07, 6.45) is -0.848. The van der Waals surface area contributed by atoms with Crippen molar-refractivity contribution in [1.82, 2.24) is 4.90 Å². The Morgan fingerprint density at radius 1 is 1.44 bits per heavy atom. The number of rotatable bonds is 0. The van der Waals surface area contributed by atoms with E-state index in [2.05, 4.69) is 5.32 Å². The van der Waals surface area contributed by atoms with Crippen molar-refractivity contribution >= 4 is 17.7 Å². The molecule has 1 atom stereocenters. The number of nitrogens with one attached hydrogen (secondary N) is 1. The van der Waals surface area contributed by atoms with Gasteiger partial charge in [0.15, 0.2) is 0 Å². The molecule has 2 N–H and O–H groups in total. The molecule has 1 unspecified atom stereocenters. The van der Waals surface area contributed by atoms with E-state index < -0.39 is 17.6 Å². The van der Waals surface area contributed by atoms with Crippen molar-refractivity contribution in [2.45, 2.75) is 12.0 Å². The number of hydrogen-bond donors (Lipinski definition) is 2. The molecule has 0 aliphatic carbocycles. The lowest BCUT2D eigenvalue weighted by atomic mass is 10.00. The highest BCUT2D eigenvalue weighted by Crippen LogP contribution is 2.37. The van der Waals surface area contributed by atoms with E-state index in [0.29, 0.717) is 18.7 Å². The lowest BCUT2D eigenvalue weighted by Gasteiger charge is -2.34. The predicted octanol–water partition coefficient (Wildman–Crippen LogP) is 1.14. The molecule has 94 valence electrons. The first-order valence-electron chi connectivity index (χ1n) is 5.69. The van der Waals surface area contributed by atoms with Gasteiger partial charge in [0.25, 0.3) is 5.91 Å². The summed E-state index contributed by atoms with van der Waals surface area (Å²) >= 11 is 0. The molecule has 2 amide bonds. The zero-order valence-corrected chi connectivity index (χ0v) is 9.55. The van der Waals surface area contributed by atoms with Gasteiger partial charge < -0.3 is 15.2 Å². The van der Waals surface area contributed by atoms with Crippen molar-refractivity contribution in [2.75, 3.05) is 18.4 Å². The number of nitrogens with zero attached hydrogens (tertiary/aromatic N) is 1. The summed E-state index contributed by atoms with van der Waals surface area (Å²) in [7, 11) is 0. The molecule has 1 fully saturated rings. The molecule has 0 saturated carbocycles. The van der Waals surface area contributed by atoms with Gasteiger partial charge in [-0.2, -0.15) is 0 Å². The molecular weight excluding hydrogens is 236 g/mol. The first kappa shape index (κ1) is 10.9. The van der Waals surface area contributed by atoms with Crippen LogP contribution in [-0.4, -0.2) is 40.7 Å². The number of fused-ring (bicyclic) bond motifs is 1. The third-order valence-electron chi connectivity index (χ3n) is 3.36. The van der Waals surface area contributed by atoms with Crippen LogP contribution < -0.4 is 10.1 Å². The van der Waals surface area contributed by atoms with Crippen molar-refractivity contribution in [3.63, 3.8) is 0 Å². The highest BCUT2D eigenvalue weighted by Gasteiger charge is 2.52. The van der Waals surface area contributed by atoms with Gasteiger partial charge >= 0.3 is 6.09 Å². The monoisotopic (exact) mass is 248 g/mol. The van der Waals surface area contributed by atoms with E-state index in [1.165, 1.54) is 0 Å². The number of para-hydroxylation sites is 2.